The molecule has 1 heterocycles. The molecule has 132 valence electrons. The zero-order valence-electron chi connectivity index (χ0n) is 14.7. The Balaban J connectivity index is 1.70. The molecule has 0 bridgehead atoms. The van der Waals surface area contributed by atoms with E-state index in [1.807, 2.05) is 72.8 Å². The van der Waals surface area contributed by atoms with Gasteiger partial charge in [-0.3, -0.25) is 9.36 Å². The Labute approximate surface area is 162 Å². The highest BCUT2D eigenvalue weighted by atomic mass is 32.2. The molecule has 0 aliphatic rings. The van der Waals surface area contributed by atoms with Gasteiger partial charge in [0.2, 0.25) is 0 Å². The minimum Gasteiger partial charge on any atom is -0.268 e. The van der Waals surface area contributed by atoms with Crippen molar-refractivity contribution in [3.05, 3.63) is 107 Å². The van der Waals surface area contributed by atoms with Gasteiger partial charge < -0.3 is 0 Å². The van der Waals surface area contributed by atoms with Crippen LogP contribution in [0.1, 0.15) is 5.56 Å². The number of benzene rings is 3. The smallest absolute Gasteiger partial charge is 0.266 e. The largest absolute Gasteiger partial charge is 0.268 e. The van der Waals surface area contributed by atoms with E-state index in [2.05, 4.69) is 24.3 Å². The van der Waals surface area contributed by atoms with Crippen molar-refractivity contribution in [1.82, 2.24) is 9.55 Å². The Hall–Kier alpha value is -3.11. The van der Waals surface area contributed by atoms with Crippen molar-refractivity contribution in [1.29, 1.82) is 0 Å². The van der Waals surface area contributed by atoms with Crippen molar-refractivity contribution in [2.24, 2.45) is 0 Å². The number of para-hydroxylation sites is 2. The summed E-state index contributed by atoms with van der Waals surface area (Å²) in [5, 5.41) is 1.33. The fourth-order valence-electron chi connectivity index (χ4n) is 2.88. The summed E-state index contributed by atoms with van der Waals surface area (Å²) >= 11 is 1.56. The first-order valence-electron chi connectivity index (χ1n) is 8.74. The number of hydrogen-bond donors (Lipinski definition) is 0. The summed E-state index contributed by atoms with van der Waals surface area (Å²) in [5.74, 6) is 0.729. The molecule has 4 heteroatoms. The molecule has 0 saturated heterocycles. The number of nitrogens with zero attached hydrogens (tertiary/aromatic N) is 2. The average molecular weight is 370 g/mol. The number of hydrogen-bond acceptors (Lipinski definition) is 3. The van der Waals surface area contributed by atoms with E-state index in [9.17, 15) is 4.79 Å². The third-order valence-corrected chi connectivity index (χ3v) is 5.07. The normalized spacial score (nSPS) is 11.3. The van der Waals surface area contributed by atoms with Gasteiger partial charge in [-0.15, -0.1) is 0 Å². The van der Waals surface area contributed by atoms with Crippen LogP contribution < -0.4 is 5.56 Å². The van der Waals surface area contributed by atoms with Gasteiger partial charge in [0, 0.05) is 5.75 Å². The van der Waals surface area contributed by atoms with Crippen LogP contribution in [0.5, 0.6) is 0 Å². The molecule has 27 heavy (non-hydrogen) atoms. The van der Waals surface area contributed by atoms with Crippen molar-refractivity contribution < 1.29 is 0 Å². The second kappa shape index (κ2) is 8.06. The lowest BCUT2D eigenvalue weighted by Gasteiger charge is -2.12. The number of rotatable bonds is 5. The SMILES string of the molecule is O=c1c2ccccc2nc(SC/C=C/c2ccccc2)n1-c1ccccc1. The third kappa shape index (κ3) is 3.86. The Morgan fingerprint density at radius 3 is 2.30 bits per heavy atom. The highest BCUT2D eigenvalue weighted by Crippen LogP contribution is 2.21. The Kier molecular flexibility index (Phi) is 5.17. The quantitative estimate of drug-likeness (QED) is 0.358. The van der Waals surface area contributed by atoms with Crippen molar-refractivity contribution in [2.45, 2.75) is 5.16 Å². The lowest BCUT2D eigenvalue weighted by atomic mass is 10.2. The van der Waals surface area contributed by atoms with Gasteiger partial charge in [-0.1, -0.05) is 84.6 Å². The topological polar surface area (TPSA) is 34.9 Å². The first kappa shape index (κ1) is 17.3. The first-order valence-corrected chi connectivity index (χ1v) is 9.73. The van der Waals surface area contributed by atoms with Crippen LogP contribution in [-0.4, -0.2) is 15.3 Å². The van der Waals surface area contributed by atoms with Gasteiger partial charge in [0.05, 0.1) is 16.6 Å². The Morgan fingerprint density at radius 2 is 1.52 bits per heavy atom. The number of thioether (sulfide) groups is 1. The molecule has 0 aliphatic heterocycles. The van der Waals surface area contributed by atoms with E-state index in [1.165, 1.54) is 0 Å². The molecule has 4 rings (SSSR count). The van der Waals surface area contributed by atoms with Gasteiger partial charge in [-0.05, 0) is 29.8 Å². The van der Waals surface area contributed by atoms with Crippen LogP contribution in [0.3, 0.4) is 0 Å². The molecule has 0 atom stereocenters. The fourth-order valence-corrected chi connectivity index (χ4v) is 3.71. The molecule has 1 aromatic heterocycles. The summed E-state index contributed by atoms with van der Waals surface area (Å²) in [7, 11) is 0. The number of aromatic nitrogens is 2. The van der Waals surface area contributed by atoms with Crippen molar-refractivity contribution in [3.8, 4) is 5.69 Å². The average Bonchev–Trinajstić information content (AvgIpc) is 2.73. The zero-order chi connectivity index (χ0) is 18.5. The van der Waals surface area contributed by atoms with Crippen LogP contribution in [0.2, 0.25) is 0 Å². The molecular weight excluding hydrogens is 352 g/mol. The van der Waals surface area contributed by atoms with Crippen LogP contribution in [0.25, 0.3) is 22.7 Å². The molecule has 3 nitrogen and oxygen atoms in total. The van der Waals surface area contributed by atoms with E-state index in [4.69, 9.17) is 4.98 Å². The third-order valence-electron chi connectivity index (χ3n) is 4.18. The molecule has 0 aliphatic carbocycles. The molecule has 0 saturated carbocycles. The monoisotopic (exact) mass is 370 g/mol. The van der Waals surface area contributed by atoms with E-state index in [1.54, 1.807) is 16.3 Å². The van der Waals surface area contributed by atoms with E-state index in [0.717, 1.165) is 22.5 Å². The molecule has 4 aromatic rings. The highest BCUT2D eigenvalue weighted by molar-refractivity contribution is 7.99. The molecule has 0 spiro atoms. The fraction of sp³-hybridized carbons (Fsp3) is 0.0435. The van der Waals surface area contributed by atoms with Crippen molar-refractivity contribution in [3.63, 3.8) is 0 Å². The molecule has 0 unspecified atom stereocenters. The molecule has 3 aromatic carbocycles. The van der Waals surface area contributed by atoms with Crippen LogP contribution in [0, 0.1) is 0 Å². The van der Waals surface area contributed by atoms with E-state index in [-0.39, 0.29) is 5.56 Å². The lowest BCUT2D eigenvalue weighted by Crippen LogP contribution is -2.21. The van der Waals surface area contributed by atoms with E-state index < -0.39 is 0 Å². The van der Waals surface area contributed by atoms with Crippen LogP contribution in [-0.2, 0) is 0 Å². The lowest BCUT2D eigenvalue weighted by molar-refractivity contribution is 0.821. The summed E-state index contributed by atoms with van der Waals surface area (Å²) in [6, 6.07) is 27.3. The summed E-state index contributed by atoms with van der Waals surface area (Å²) in [6.07, 6.45) is 4.18. The van der Waals surface area contributed by atoms with Gasteiger partial charge in [0.25, 0.3) is 5.56 Å². The second-order valence-electron chi connectivity index (χ2n) is 6.01. The summed E-state index contributed by atoms with van der Waals surface area (Å²) in [6.45, 7) is 0. The highest BCUT2D eigenvalue weighted by Gasteiger charge is 2.12. The van der Waals surface area contributed by atoms with E-state index in [0.29, 0.717) is 10.5 Å². The van der Waals surface area contributed by atoms with Gasteiger partial charge >= 0.3 is 0 Å². The molecule has 0 amide bonds. The zero-order valence-corrected chi connectivity index (χ0v) is 15.5. The molecule has 0 fully saturated rings. The van der Waals surface area contributed by atoms with Crippen molar-refractivity contribution >= 4 is 28.7 Å². The molecular formula is C23H18N2OS. The molecule has 0 N–H and O–H groups in total. The standard InChI is InChI=1S/C23H18N2OS/c26-22-20-15-7-8-16-21(20)24-23(25(22)19-13-5-2-6-14-19)27-17-9-12-18-10-3-1-4-11-18/h1-16H,17H2/b12-9+. The predicted octanol–water partition coefficient (Wildman–Crippen LogP) is 5.19. The van der Waals surface area contributed by atoms with Gasteiger partial charge in [0.1, 0.15) is 0 Å². The van der Waals surface area contributed by atoms with Gasteiger partial charge in [0.15, 0.2) is 5.16 Å². The maximum absolute atomic E-state index is 13.1. The van der Waals surface area contributed by atoms with Crippen LogP contribution in [0.4, 0.5) is 0 Å². The Morgan fingerprint density at radius 1 is 0.852 bits per heavy atom. The summed E-state index contributed by atoms with van der Waals surface area (Å²) in [5.41, 5.74) is 2.67. The molecule has 0 radical (unpaired) electrons. The minimum atomic E-state index is -0.0404. The van der Waals surface area contributed by atoms with Crippen molar-refractivity contribution in [2.75, 3.05) is 5.75 Å². The van der Waals surface area contributed by atoms with Gasteiger partial charge in [-0.25, -0.2) is 4.98 Å². The predicted molar refractivity (Wildman–Crippen MR) is 114 cm³/mol. The maximum atomic E-state index is 13.1. The van der Waals surface area contributed by atoms with E-state index >= 15 is 0 Å². The first-order chi connectivity index (χ1) is 13.3. The Bertz CT molecular complexity index is 1140. The number of fused-ring (bicyclic) bond motifs is 1. The minimum absolute atomic E-state index is 0.0404. The van der Waals surface area contributed by atoms with Crippen LogP contribution in [0.15, 0.2) is 101 Å². The second-order valence-corrected chi connectivity index (χ2v) is 7.00. The van der Waals surface area contributed by atoms with Crippen LogP contribution >= 0.6 is 11.8 Å². The maximum Gasteiger partial charge on any atom is 0.266 e. The summed E-state index contributed by atoms with van der Waals surface area (Å²) < 4.78 is 1.70. The van der Waals surface area contributed by atoms with Gasteiger partial charge in [-0.2, -0.15) is 0 Å². The summed E-state index contributed by atoms with van der Waals surface area (Å²) in [4.78, 5) is 17.8.